The number of methoxy groups -OCH3 is 1. The van der Waals surface area contributed by atoms with E-state index in [-0.39, 0.29) is 5.78 Å². The quantitative estimate of drug-likeness (QED) is 0.876. The van der Waals surface area contributed by atoms with Gasteiger partial charge in [0, 0.05) is 4.90 Å². The third kappa shape index (κ3) is 3.08. The third-order valence-electron chi connectivity index (χ3n) is 2.59. The standard InChI is InChI=1S/C13H14N2O2S2/c1-7-4-10(17-3)9(8(2)16)5-11(7)18-12-6-15-13(14)19-12/h4-6H,1-3H3,(H2,14,15). The molecule has 0 aliphatic heterocycles. The molecule has 0 saturated carbocycles. The fourth-order valence-corrected chi connectivity index (χ4v) is 3.47. The number of thiazole rings is 1. The molecule has 6 heteroatoms. The maximum absolute atomic E-state index is 11.6. The number of nitrogens with two attached hydrogens (primary N) is 1. The highest BCUT2D eigenvalue weighted by atomic mass is 32.2. The number of Topliss-reactive ketones (excluding diaryl/α,β-unsaturated/α-hetero) is 1. The van der Waals surface area contributed by atoms with E-state index in [4.69, 9.17) is 10.5 Å². The number of nitrogen functional groups attached to an aromatic ring is 1. The zero-order chi connectivity index (χ0) is 14.0. The smallest absolute Gasteiger partial charge is 0.181 e. The molecule has 0 aliphatic carbocycles. The number of rotatable bonds is 4. The highest BCUT2D eigenvalue weighted by Gasteiger charge is 2.13. The van der Waals surface area contributed by atoms with Crippen LogP contribution in [-0.4, -0.2) is 17.9 Å². The van der Waals surface area contributed by atoms with Crippen LogP contribution in [0.2, 0.25) is 0 Å². The summed E-state index contributed by atoms with van der Waals surface area (Å²) in [5.74, 6) is 0.598. The molecule has 0 amide bonds. The predicted molar refractivity (Wildman–Crippen MR) is 78.4 cm³/mol. The second-order valence-corrected chi connectivity index (χ2v) is 6.40. The first-order chi connectivity index (χ1) is 9.01. The molecule has 2 rings (SSSR count). The van der Waals surface area contributed by atoms with Gasteiger partial charge in [-0.1, -0.05) is 23.1 Å². The summed E-state index contributed by atoms with van der Waals surface area (Å²) in [7, 11) is 1.57. The van der Waals surface area contributed by atoms with Crippen LogP contribution >= 0.6 is 23.1 Å². The molecular weight excluding hydrogens is 280 g/mol. The van der Waals surface area contributed by atoms with Gasteiger partial charge in [0.15, 0.2) is 10.9 Å². The molecule has 0 saturated heterocycles. The summed E-state index contributed by atoms with van der Waals surface area (Å²) in [6.45, 7) is 3.52. The minimum atomic E-state index is -0.0116. The van der Waals surface area contributed by atoms with E-state index in [0.29, 0.717) is 16.4 Å². The van der Waals surface area contributed by atoms with Crippen molar-refractivity contribution in [1.29, 1.82) is 0 Å². The number of hydrogen-bond donors (Lipinski definition) is 1. The molecule has 1 aromatic carbocycles. The summed E-state index contributed by atoms with van der Waals surface area (Å²) in [5, 5.41) is 0.542. The maximum atomic E-state index is 11.6. The van der Waals surface area contributed by atoms with Gasteiger partial charge in [-0.05, 0) is 31.5 Å². The number of aryl methyl sites for hydroxylation is 1. The second kappa shape index (κ2) is 5.63. The minimum Gasteiger partial charge on any atom is -0.496 e. The number of carbonyl (C=O) groups is 1. The number of nitrogens with zero attached hydrogens (tertiary/aromatic N) is 1. The molecule has 0 fully saturated rings. The van der Waals surface area contributed by atoms with Gasteiger partial charge in [0.25, 0.3) is 0 Å². The number of ether oxygens (including phenoxy) is 1. The second-order valence-electron chi connectivity index (χ2n) is 3.99. The van der Waals surface area contributed by atoms with Crippen LogP contribution in [0.3, 0.4) is 0 Å². The number of hydrogen-bond acceptors (Lipinski definition) is 6. The Bertz CT molecular complexity index is 623. The number of ketones is 1. The average Bonchev–Trinajstić information content (AvgIpc) is 2.76. The van der Waals surface area contributed by atoms with E-state index in [1.165, 1.54) is 18.3 Å². The lowest BCUT2D eigenvalue weighted by molar-refractivity contribution is 0.101. The van der Waals surface area contributed by atoms with E-state index in [2.05, 4.69) is 4.98 Å². The first kappa shape index (κ1) is 13.9. The van der Waals surface area contributed by atoms with E-state index < -0.39 is 0 Å². The lowest BCUT2D eigenvalue weighted by Gasteiger charge is -2.10. The largest absolute Gasteiger partial charge is 0.496 e. The molecule has 2 aromatic rings. The average molecular weight is 294 g/mol. The lowest BCUT2D eigenvalue weighted by Crippen LogP contribution is -1.99. The van der Waals surface area contributed by atoms with Crippen LogP contribution in [0.5, 0.6) is 5.75 Å². The Hall–Kier alpha value is -1.53. The zero-order valence-corrected chi connectivity index (χ0v) is 12.5. The summed E-state index contributed by atoms with van der Waals surface area (Å²) in [6, 6.07) is 3.74. The van der Waals surface area contributed by atoms with E-state index in [1.807, 2.05) is 19.1 Å². The van der Waals surface area contributed by atoms with Crippen LogP contribution in [0, 0.1) is 6.92 Å². The summed E-state index contributed by atoms with van der Waals surface area (Å²) in [4.78, 5) is 16.7. The number of aromatic nitrogens is 1. The normalized spacial score (nSPS) is 10.5. The molecule has 100 valence electrons. The van der Waals surface area contributed by atoms with Gasteiger partial charge >= 0.3 is 0 Å². The number of carbonyl (C=O) groups excluding carboxylic acids is 1. The molecule has 1 heterocycles. The van der Waals surface area contributed by atoms with Crippen LogP contribution in [-0.2, 0) is 0 Å². The molecule has 0 aliphatic rings. The molecule has 0 bridgehead atoms. The molecule has 0 radical (unpaired) electrons. The fraction of sp³-hybridized carbons (Fsp3) is 0.231. The van der Waals surface area contributed by atoms with E-state index >= 15 is 0 Å². The monoisotopic (exact) mass is 294 g/mol. The van der Waals surface area contributed by atoms with Crippen molar-refractivity contribution in [1.82, 2.24) is 4.98 Å². The zero-order valence-electron chi connectivity index (χ0n) is 10.9. The van der Waals surface area contributed by atoms with Crippen LogP contribution in [0.15, 0.2) is 27.4 Å². The first-order valence-electron chi connectivity index (χ1n) is 5.60. The number of anilines is 1. The lowest BCUT2D eigenvalue weighted by atomic mass is 10.1. The van der Waals surface area contributed by atoms with Gasteiger partial charge in [0.05, 0.1) is 23.1 Å². The van der Waals surface area contributed by atoms with Gasteiger partial charge in [0.2, 0.25) is 0 Å². The van der Waals surface area contributed by atoms with Crippen molar-refractivity contribution < 1.29 is 9.53 Å². The highest BCUT2D eigenvalue weighted by molar-refractivity contribution is 8.01. The Labute approximate surface area is 120 Å². The van der Waals surface area contributed by atoms with Crippen molar-refractivity contribution in [2.45, 2.75) is 23.0 Å². The van der Waals surface area contributed by atoms with Crippen molar-refractivity contribution in [3.63, 3.8) is 0 Å². The van der Waals surface area contributed by atoms with Gasteiger partial charge in [-0.3, -0.25) is 4.79 Å². The molecule has 2 N–H and O–H groups in total. The molecule has 4 nitrogen and oxygen atoms in total. The Morgan fingerprint density at radius 1 is 1.47 bits per heavy atom. The Morgan fingerprint density at radius 2 is 2.21 bits per heavy atom. The van der Waals surface area contributed by atoms with Crippen molar-refractivity contribution in [3.05, 3.63) is 29.5 Å². The molecule has 0 unspecified atom stereocenters. The molecule has 19 heavy (non-hydrogen) atoms. The SMILES string of the molecule is COc1cc(C)c(Sc2cnc(N)s2)cc1C(C)=O. The van der Waals surface area contributed by atoms with Gasteiger partial charge < -0.3 is 10.5 Å². The Balaban J connectivity index is 2.40. The first-order valence-corrected chi connectivity index (χ1v) is 7.23. The summed E-state index contributed by atoms with van der Waals surface area (Å²) in [6.07, 6.45) is 1.74. The maximum Gasteiger partial charge on any atom is 0.181 e. The van der Waals surface area contributed by atoms with Gasteiger partial charge in [-0.25, -0.2) is 4.98 Å². The van der Waals surface area contributed by atoms with Crippen molar-refractivity contribution in [3.8, 4) is 5.75 Å². The highest BCUT2D eigenvalue weighted by Crippen LogP contribution is 2.37. The molecule has 0 atom stereocenters. The molecule has 1 aromatic heterocycles. The molecule has 0 spiro atoms. The van der Waals surface area contributed by atoms with E-state index in [9.17, 15) is 4.79 Å². The third-order valence-corrected chi connectivity index (χ3v) is 4.68. The van der Waals surface area contributed by atoms with Crippen molar-refractivity contribution in [2.75, 3.05) is 12.8 Å². The summed E-state index contributed by atoms with van der Waals surface area (Å²) >= 11 is 2.98. The van der Waals surface area contributed by atoms with Gasteiger partial charge in [-0.2, -0.15) is 0 Å². The van der Waals surface area contributed by atoms with Crippen molar-refractivity contribution >= 4 is 34.0 Å². The van der Waals surface area contributed by atoms with Crippen LogP contribution in [0.4, 0.5) is 5.13 Å². The topological polar surface area (TPSA) is 65.2 Å². The fourth-order valence-electron chi connectivity index (χ4n) is 1.64. The van der Waals surface area contributed by atoms with Gasteiger partial charge in [0.1, 0.15) is 5.75 Å². The number of benzene rings is 1. The minimum absolute atomic E-state index is 0.0116. The van der Waals surface area contributed by atoms with Crippen LogP contribution in [0.1, 0.15) is 22.8 Å². The van der Waals surface area contributed by atoms with Crippen LogP contribution in [0.25, 0.3) is 0 Å². The van der Waals surface area contributed by atoms with Crippen molar-refractivity contribution in [2.24, 2.45) is 0 Å². The van der Waals surface area contributed by atoms with Crippen LogP contribution < -0.4 is 10.5 Å². The summed E-state index contributed by atoms with van der Waals surface area (Å²) in [5.41, 5.74) is 7.26. The Morgan fingerprint density at radius 3 is 2.74 bits per heavy atom. The molecular formula is C13H14N2O2S2. The van der Waals surface area contributed by atoms with Gasteiger partial charge in [-0.15, -0.1) is 0 Å². The van der Waals surface area contributed by atoms with E-state index in [1.54, 1.807) is 25.1 Å². The predicted octanol–water partition coefficient (Wildman–Crippen LogP) is 3.40. The summed E-state index contributed by atoms with van der Waals surface area (Å²) < 4.78 is 6.24. The van der Waals surface area contributed by atoms with E-state index in [0.717, 1.165) is 14.7 Å². The Kier molecular flexibility index (Phi) is 4.11.